The summed E-state index contributed by atoms with van der Waals surface area (Å²) < 4.78 is 4.86. The van der Waals surface area contributed by atoms with Crippen LogP contribution in [0.3, 0.4) is 0 Å². The molecule has 0 bridgehead atoms. The summed E-state index contributed by atoms with van der Waals surface area (Å²) in [5.41, 5.74) is 2.69. The van der Waals surface area contributed by atoms with Gasteiger partial charge >= 0.3 is 0 Å². The molecule has 0 N–H and O–H groups in total. The van der Waals surface area contributed by atoms with Crippen molar-refractivity contribution in [3.63, 3.8) is 0 Å². The fourth-order valence-electron chi connectivity index (χ4n) is 3.85. The SMILES string of the molecule is CN(Cc1ccc(N2CCCCC2)cc1)Cn1nc(C2CC2)n(C)c1=S. The molecule has 1 saturated carbocycles. The van der Waals surface area contributed by atoms with E-state index in [2.05, 4.69) is 45.7 Å². The van der Waals surface area contributed by atoms with Crippen molar-refractivity contribution in [3.05, 3.63) is 40.4 Å². The maximum absolute atomic E-state index is 5.56. The summed E-state index contributed by atoms with van der Waals surface area (Å²) in [5, 5.41) is 4.76. The molecule has 26 heavy (non-hydrogen) atoms. The first-order valence-corrected chi connectivity index (χ1v) is 10.2. The molecule has 2 fully saturated rings. The van der Waals surface area contributed by atoms with Gasteiger partial charge in [0.15, 0.2) is 4.77 Å². The van der Waals surface area contributed by atoms with E-state index >= 15 is 0 Å². The molecule has 2 heterocycles. The van der Waals surface area contributed by atoms with Crippen LogP contribution < -0.4 is 4.90 Å². The number of hydrogen-bond donors (Lipinski definition) is 0. The average Bonchev–Trinajstić information content (AvgIpc) is 3.46. The molecule has 5 nitrogen and oxygen atoms in total. The van der Waals surface area contributed by atoms with Crippen LogP contribution in [0, 0.1) is 4.77 Å². The zero-order valence-electron chi connectivity index (χ0n) is 15.9. The molecule has 2 aromatic rings. The Morgan fingerprint density at radius 3 is 2.46 bits per heavy atom. The molecule has 0 amide bonds. The third-order valence-electron chi connectivity index (χ3n) is 5.50. The van der Waals surface area contributed by atoms with E-state index in [1.807, 2.05) is 11.7 Å². The number of benzene rings is 1. The van der Waals surface area contributed by atoms with Crippen LogP contribution in [0.4, 0.5) is 5.69 Å². The van der Waals surface area contributed by atoms with Gasteiger partial charge in [-0.15, -0.1) is 0 Å². The zero-order chi connectivity index (χ0) is 18.1. The second kappa shape index (κ2) is 7.53. The lowest BCUT2D eigenvalue weighted by Crippen LogP contribution is -2.29. The van der Waals surface area contributed by atoms with Gasteiger partial charge in [-0.2, -0.15) is 5.10 Å². The van der Waals surface area contributed by atoms with E-state index in [0.717, 1.165) is 23.8 Å². The Morgan fingerprint density at radius 1 is 1.12 bits per heavy atom. The van der Waals surface area contributed by atoms with Gasteiger partial charge in [0.05, 0.1) is 6.67 Å². The summed E-state index contributed by atoms with van der Waals surface area (Å²) in [7, 11) is 4.17. The van der Waals surface area contributed by atoms with Crippen molar-refractivity contribution in [3.8, 4) is 0 Å². The van der Waals surface area contributed by atoms with Crippen LogP contribution in [0.5, 0.6) is 0 Å². The Morgan fingerprint density at radius 2 is 1.81 bits per heavy atom. The Labute approximate surface area is 161 Å². The molecule has 0 atom stereocenters. The van der Waals surface area contributed by atoms with Gasteiger partial charge < -0.3 is 9.47 Å². The fraction of sp³-hybridized carbons (Fsp3) is 0.600. The van der Waals surface area contributed by atoms with E-state index < -0.39 is 0 Å². The van der Waals surface area contributed by atoms with Gasteiger partial charge in [-0.1, -0.05) is 12.1 Å². The number of aromatic nitrogens is 3. The van der Waals surface area contributed by atoms with Crippen molar-refractivity contribution in [1.29, 1.82) is 0 Å². The molecule has 0 spiro atoms. The molecule has 1 aliphatic carbocycles. The molecule has 1 aliphatic heterocycles. The van der Waals surface area contributed by atoms with Gasteiger partial charge in [0.1, 0.15) is 5.82 Å². The second-order valence-electron chi connectivity index (χ2n) is 7.84. The highest BCUT2D eigenvalue weighted by Gasteiger charge is 2.29. The Balaban J connectivity index is 1.38. The first-order chi connectivity index (χ1) is 12.6. The molecular weight excluding hydrogens is 342 g/mol. The van der Waals surface area contributed by atoms with Crippen LogP contribution in [-0.2, 0) is 20.3 Å². The maximum atomic E-state index is 5.56. The minimum atomic E-state index is 0.621. The lowest BCUT2D eigenvalue weighted by atomic mass is 10.1. The van der Waals surface area contributed by atoms with Gasteiger partial charge in [-0.05, 0) is 69.1 Å². The Hall–Kier alpha value is -1.66. The van der Waals surface area contributed by atoms with E-state index in [4.69, 9.17) is 17.3 Å². The molecule has 0 radical (unpaired) electrons. The summed E-state index contributed by atoms with van der Waals surface area (Å²) in [5.74, 6) is 1.77. The van der Waals surface area contributed by atoms with Crippen LogP contribution in [0.2, 0.25) is 0 Å². The van der Waals surface area contributed by atoms with E-state index in [1.165, 1.54) is 56.4 Å². The minimum Gasteiger partial charge on any atom is -0.372 e. The van der Waals surface area contributed by atoms with Crippen LogP contribution in [-0.4, -0.2) is 39.4 Å². The van der Waals surface area contributed by atoms with Crippen molar-refractivity contribution in [2.75, 3.05) is 25.0 Å². The number of rotatable bonds is 6. The van der Waals surface area contributed by atoms with Crippen molar-refractivity contribution in [1.82, 2.24) is 19.2 Å². The molecule has 1 aromatic carbocycles. The molecule has 0 unspecified atom stereocenters. The molecule has 2 aliphatic rings. The van der Waals surface area contributed by atoms with Crippen LogP contribution in [0.25, 0.3) is 0 Å². The molecule has 1 aromatic heterocycles. The average molecular weight is 372 g/mol. The summed E-state index contributed by atoms with van der Waals surface area (Å²) in [6.45, 7) is 4.02. The van der Waals surface area contributed by atoms with Gasteiger partial charge in [-0.25, -0.2) is 4.68 Å². The Bertz CT molecular complexity index is 797. The summed E-state index contributed by atoms with van der Waals surface area (Å²) in [6, 6.07) is 9.06. The largest absolute Gasteiger partial charge is 0.372 e. The topological polar surface area (TPSA) is 29.2 Å². The van der Waals surface area contributed by atoms with Crippen molar-refractivity contribution in [2.24, 2.45) is 7.05 Å². The summed E-state index contributed by atoms with van der Waals surface area (Å²) >= 11 is 5.56. The molecule has 6 heteroatoms. The highest BCUT2D eigenvalue weighted by atomic mass is 32.1. The highest BCUT2D eigenvalue weighted by Crippen LogP contribution is 2.38. The molecular formula is C20H29N5S. The number of hydrogen-bond acceptors (Lipinski definition) is 4. The minimum absolute atomic E-state index is 0.621. The lowest BCUT2D eigenvalue weighted by molar-refractivity contribution is 0.243. The molecule has 1 saturated heterocycles. The van der Waals surface area contributed by atoms with E-state index in [9.17, 15) is 0 Å². The van der Waals surface area contributed by atoms with Crippen LogP contribution in [0.1, 0.15) is 49.4 Å². The predicted octanol–water partition coefficient (Wildman–Crippen LogP) is 3.91. The van der Waals surface area contributed by atoms with E-state index in [-0.39, 0.29) is 0 Å². The van der Waals surface area contributed by atoms with Crippen molar-refractivity contribution >= 4 is 17.9 Å². The monoisotopic (exact) mass is 371 g/mol. The van der Waals surface area contributed by atoms with Crippen molar-refractivity contribution in [2.45, 2.75) is 51.2 Å². The van der Waals surface area contributed by atoms with Gasteiger partial charge in [0, 0.05) is 38.3 Å². The maximum Gasteiger partial charge on any atom is 0.198 e. The highest BCUT2D eigenvalue weighted by molar-refractivity contribution is 7.71. The summed E-state index contributed by atoms with van der Waals surface area (Å²) in [4.78, 5) is 4.78. The van der Waals surface area contributed by atoms with Crippen molar-refractivity contribution < 1.29 is 0 Å². The van der Waals surface area contributed by atoms with Crippen LogP contribution >= 0.6 is 12.2 Å². The third-order valence-corrected chi connectivity index (χ3v) is 5.99. The Kier molecular flexibility index (Phi) is 5.14. The molecule has 4 rings (SSSR count). The zero-order valence-corrected chi connectivity index (χ0v) is 16.7. The summed E-state index contributed by atoms with van der Waals surface area (Å²) in [6.07, 6.45) is 6.51. The van der Waals surface area contributed by atoms with Gasteiger partial charge in [-0.3, -0.25) is 4.90 Å². The second-order valence-corrected chi connectivity index (χ2v) is 8.21. The fourth-order valence-corrected chi connectivity index (χ4v) is 4.04. The standard InChI is InChI=1S/C20H29N5S/c1-22(15-25-20(26)23(2)19(21-25)17-8-9-17)14-16-6-10-18(11-7-16)24-12-4-3-5-13-24/h6-7,10-11,17H,3-5,8-9,12-15H2,1-2H3. The number of piperidine rings is 1. The smallest absolute Gasteiger partial charge is 0.198 e. The van der Waals surface area contributed by atoms with Crippen LogP contribution in [0.15, 0.2) is 24.3 Å². The quantitative estimate of drug-likeness (QED) is 0.720. The predicted molar refractivity (Wildman–Crippen MR) is 108 cm³/mol. The third kappa shape index (κ3) is 3.86. The number of nitrogens with zero attached hydrogens (tertiary/aromatic N) is 5. The van der Waals surface area contributed by atoms with Gasteiger partial charge in [0.2, 0.25) is 0 Å². The first-order valence-electron chi connectivity index (χ1n) is 9.78. The van der Waals surface area contributed by atoms with E-state index in [1.54, 1.807) is 0 Å². The number of anilines is 1. The normalized spacial score (nSPS) is 17.9. The van der Waals surface area contributed by atoms with E-state index in [0.29, 0.717) is 5.92 Å². The first kappa shape index (κ1) is 17.7. The molecule has 140 valence electrons. The van der Waals surface area contributed by atoms with Gasteiger partial charge in [0.25, 0.3) is 0 Å². The lowest BCUT2D eigenvalue weighted by Gasteiger charge is -2.29.